The summed E-state index contributed by atoms with van der Waals surface area (Å²) in [6.07, 6.45) is 0.810. The van der Waals surface area contributed by atoms with E-state index in [1.54, 1.807) is 0 Å². The van der Waals surface area contributed by atoms with Gasteiger partial charge in [0, 0.05) is 46.7 Å². The Morgan fingerprint density at radius 2 is 2.12 bits per heavy atom. The molecule has 0 bridgehead atoms. The van der Waals surface area contributed by atoms with Gasteiger partial charge in [0.05, 0.1) is 12.2 Å². The molecule has 0 atom stereocenters. The first-order valence-corrected chi connectivity index (χ1v) is 8.85. The van der Waals surface area contributed by atoms with Gasteiger partial charge in [-0.05, 0) is 37.3 Å². The summed E-state index contributed by atoms with van der Waals surface area (Å²) in [6, 6.07) is 13.3. The highest BCUT2D eigenvalue weighted by Crippen LogP contribution is 2.31. The Labute approximate surface area is 151 Å². The normalized spacial score (nSPS) is 13.8. The molecule has 1 aliphatic heterocycles. The van der Waals surface area contributed by atoms with Gasteiger partial charge in [-0.1, -0.05) is 23.7 Å². The van der Waals surface area contributed by atoms with Crippen molar-refractivity contribution < 1.29 is 9.53 Å². The second kappa shape index (κ2) is 6.45. The Balaban J connectivity index is 1.67. The van der Waals surface area contributed by atoms with Gasteiger partial charge < -0.3 is 14.6 Å². The lowest BCUT2D eigenvalue weighted by Crippen LogP contribution is -2.36. The maximum atomic E-state index is 13.0. The number of hydrogen-bond donors (Lipinski definition) is 1. The Bertz CT molecular complexity index is 948. The van der Waals surface area contributed by atoms with Crippen LogP contribution in [0.2, 0.25) is 5.02 Å². The Morgan fingerprint density at radius 1 is 1.28 bits per heavy atom. The number of nitrogens with zero attached hydrogens (tertiary/aromatic N) is 1. The highest BCUT2D eigenvalue weighted by molar-refractivity contribution is 6.31. The van der Waals surface area contributed by atoms with Crippen LogP contribution in [0.15, 0.2) is 42.5 Å². The van der Waals surface area contributed by atoms with E-state index in [4.69, 9.17) is 16.3 Å². The number of aromatic nitrogens is 1. The average Bonchev–Trinajstić information content (AvgIpc) is 2.99. The fourth-order valence-corrected chi connectivity index (χ4v) is 3.63. The third kappa shape index (κ3) is 2.87. The van der Waals surface area contributed by atoms with Gasteiger partial charge in [0.25, 0.3) is 5.91 Å². The van der Waals surface area contributed by atoms with Gasteiger partial charge in [-0.15, -0.1) is 0 Å². The quantitative estimate of drug-likeness (QED) is 0.756. The predicted molar refractivity (Wildman–Crippen MR) is 99.4 cm³/mol. The molecule has 2 aromatic carbocycles. The van der Waals surface area contributed by atoms with Crippen molar-refractivity contribution in [2.45, 2.75) is 19.9 Å². The summed E-state index contributed by atoms with van der Waals surface area (Å²) in [6.45, 7) is 3.72. The van der Waals surface area contributed by atoms with E-state index in [1.807, 2.05) is 54.3 Å². The average molecular weight is 355 g/mol. The van der Waals surface area contributed by atoms with E-state index in [-0.39, 0.29) is 5.91 Å². The molecule has 4 nitrogen and oxygen atoms in total. The molecular weight excluding hydrogens is 336 g/mol. The van der Waals surface area contributed by atoms with Gasteiger partial charge in [0.15, 0.2) is 0 Å². The van der Waals surface area contributed by atoms with Gasteiger partial charge in [0.2, 0.25) is 0 Å². The molecule has 128 valence electrons. The first-order chi connectivity index (χ1) is 12.2. The third-order valence-electron chi connectivity index (χ3n) is 4.64. The van der Waals surface area contributed by atoms with E-state index in [0.29, 0.717) is 36.0 Å². The molecule has 4 rings (SSSR count). The minimum atomic E-state index is 0.00563. The number of amides is 1. The fourth-order valence-electron chi connectivity index (χ4n) is 3.45. The number of para-hydroxylation sites is 1. The summed E-state index contributed by atoms with van der Waals surface area (Å²) in [5, 5.41) is 1.80. The highest BCUT2D eigenvalue weighted by Gasteiger charge is 2.26. The maximum Gasteiger partial charge on any atom is 0.257 e. The molecule has 3 aromatic rings. The minimum Gasteiger partial charge on any atom is -0.493 e. The number of rotatable bonds is 3. The third-order valence-corrected chi connectivity index (χ3v) is 4.88. The number of halogens is 1. The maximum absolute atomic E-state index is 13.0. The zero-order valence-corrected chi connectivity index (χ0v) is 14.8. The first-order valence-electron chi connectivity index (χ1n) is 8.47. The van der Waals surface area contributed by atoms with Crippen molar-refractivity contribution in [3.8, 4) is 5.75 Å². The highest BCUT2D eigenvalue weighted by atomic mass is 35.5. The van der Waals surface area contributed by atoms with Crippen LogP contribution in [0.4, 0.5) is 0 Å². The Hall–Kier alpha value is -2.46. The Kier molecular flexibility index (Phi) is 4.14. The predicted octanol–water partition coefficient (Wildman–Crippen LogP) is 4.42. The molecule has 0 radical (unpaired) electrons. The molecular formula is C20H19ClN2O2. The fraction of sp³-hybridized carbons (Fsp3) is 0.250. The summed E-state index contributed by atoms with van der Waals surface area (Å²) >= 11 is 6.16. The molecule has 0 aliphatic carbocycles. The minimum absolute atomic E-state index is 0.00563. The van der Waals surface area contributed by atoms with Crippen molar-refractivity contribution >= 4 is 28.4 Å². The van der Waals surface area contributed by atoms with Gasteiger partial charge in [-0.2, -0.15) is 0 Å². The van der Waals surface area contributed by atoms with Crippen molar-refractivity contribution in [3.63, 3.8) is 0 Å². The second-order valence-electron chi connectivity index (χ2n) is 6.18. The van der Waals surface area contributed by atoms with Gasteiger partial charge in [-0.25, -0.2) is 0 Å². The van der Waals surface area contributed by atoms with Crippen molar-refractivity contribution in [2.24, 2.45) is 0 Å². The largest absolute Gasteiger partial charge is 0.493 e. The molecule has 0 spiro atoms. The number of carbonyl (C=O) groups excluding carboxylic acids is 1. The summed E-state index contributed by atoms with van der Waals surface area (Å²) in [5.74, 6) is 0.647. The van der Waals surface area contributed by atoms with E-state index >= 15 is 0 Å². The van der Waals surface area contributed by atoms with Crippen molar-refractivity contribution in [3.05, 3.63) is 64.3 Å². The lowest BCUT2D eigenvalue weighted by Gasteiger charge is -2.28. The first kappa shape index (κ1) is 16.0. The SMILES string of the molecule is CCOc1ccccc1C(=O)N1CCc2[nH]c3ccc(Cl)cc3c2C1. The van der Waals surface area contributed by atoms with Crippen molar-refractivity contribution in [2.75, 3.05) is 13.2 Å². The van der Waals surface area contributed by atoms with E-state index in [1.165, 1.54) is 5.69 Å². The molecule has 1 aromatic heterocycles. The van der Waals surface area contributed by atoms with Crippen LogP contribution in [0.5, 0.6) is 5.75 Å². The molecule has 1 N–H and O–H groups in total. The summed E-state index contributed by atoms with van der Waals surface area (Å²) in [7, 11) is 0. The molecule has 0 unspecified atom stereocenters. The van der Waals surface area contributed by atoms with Crippen LogP contribution in [0, 0.1) is 0 Å². The Morgan fingerprint density at radius 3 is 2.96 bits per heavy atom. The van der Waals surface area contributed by atoms with E-state index in [9.17, 15) is 4.79 Å². The topological polar surface area (TPSA) is 45.3 Å². The number of ether oxygens (including phenoxy) is 1. The number of hydrogen-bond acceptors (Lipinski definition) is 2. The summed E-state index contributed by atoms with van der Waals surface area (Å²) in [4.78, 5) is 18.4. The van der Waals surface area contributed by atoms with Crippen molar-refractivity contribution in [1.82, 2.24) is 9.88 Å². The molecule has 5 heteroatoms. The van der Waals surface area contributed by atoms with E-state index in [0.717, 1.165) is 22.9 Å². The van der Waals surface area contributed by atoms with Crippen LogP contribution in [-0.4, -0.2) is 28.9 Å². The van der Waals surface area contributed by atoms with Gasteiger partial charge >= 0.3 is 0 Å². The van der Waals surface area contributed by atoms with Crippen LogP contribution in [0.25, 0.3) is 10.9 Å². The number of carbonyl (C=O) groups is 1. The van der Waals surface area contributed by atoms with Gasteiger partial charge in [0.1, 0.15) is 5.75 Å². The molecule has 0 saturated carbocycles. The van der Waals surface area contributed by atoms with E-state index in [2.05, 4.69) is 4.98 Å². The summed E-state index contributed by atoms with van der Waals surface area (Å²) in [5.41, 5.74) is 4.04. The van der Waals surface area contributed by atoms with E-state index < -0.39 is 0 Å². The number of nitrogens with one attached hydrogen (secondary N) is 1. The standard InChI is InChI=1S/C20H19ClN2O2/c1-2-25-19-6-4-3-5-14(19)20(24)23-10-9-18-16(12-23)15-11-13(21)7-8-17(15)22-18/h3-8,11,22H,2,9-10,12H2,1H3. The zero-order chi connectivity index (χ0) is 17.4. The zero-order valence-electron chi connectivity index (χ0n) is 14.0. The summed E-state index contributed by atoms with van der Waals surface area (Å²) < 4.78 is 5.62. The van der Waals surface area contributed by atoms with Crippen LogP contribution in [0.3, 0.4) is 0 Å². The smallest absolute Gasteiger partial charge is 0.257 e. The number of fused-ring (bicyclic) bond motifs is 3. The number of benzene rings is 2. The molecule has 0 fully saturated rings. The van der Waals surface area contributed by atoms with Crippen LogP contribution >= 0.6 is 11.6 Å². The molecule has 25 heavy (non-hydrogen) atoms. The molecule has 2 heterocycles. The molecule has 1 amide bonds. The van der Waals surface area contributed by atoms with Gasteiger partial charge in [-0.3, -0.25) is 4.79 Å². The van der Waals surface area contributed by atoms with Crippen molar-refractivity contribution in [1.29, 1.82) is 0 Å². The number of H-pyrrole nitrogens is 1. The van der Waals surface area contributed by atoms with Crippen LogP contribution < -0.4 is 4.74 Å². The lowest BCUT2D eigenvalue weighted by molar-refractivity contribution is 0.0731. The van der Waals surface area contributed by atoms with Crippen LogP contribution in [-0.2, 0) is 13.0 Å². The molecule has 0 saturated heterocycles. The molecule has 1 aliphatic rings. The van der Waals surface area contributed by atoms with Crippen LogP contribution in [0.1, 0.15) is 28.5 Å². The number of aromatic amines is 1. The monoisotopic (exact) mass is 354 g/mol. The lowest BCUT2D eigenvalue weighted by atomic mass is 10.0. The second-order valence-corrected chi connectivity index (χ2v) is 6.61.